The number of thiophene rings is 2. The van der Waals surface area contributed by atoms with E-state index in [1.54, 1.807) is 17.4 Å². The lowest BCUT2D eigenvalue weighted by Crippen LogP contribution is -2.31. The molecule has 10 heteroatoms. The molecule has 1 aliphatic carbocycles. The van der Waals surface area contributed by atoms with Crippen molar-refractivity contribution in [2.24, 2.45) is 0 Å². The van der Waals surface area contributed by atoms with Crippen LogP contribution in [0.5, 0.6) is 0 Å². The second-order valence-electron chi connectivity index (χ2n) is 7.14. The monoisotopic (exact) mass is 484 g/mol. The highest BCUT2D eigenvalue weighted by atomic mass is 32.1. The van der Waals surface area contributed by atoms with E-state index in [0.717, 1.165) is 26.0 Å². The molecule has 7 nitrogen and oxygen atoms in total. The van der Waals surface area contributed by atoms with Gasteiger partial charge in [-0.25, -0.2) is 9.78 Å². The highest BCUT2D eigenvalue weighted by Crippen LogP contribution is 2.38. The summed E-state index contributed by atoms with van der Waals surface area (Å²) in [6.07, 6.45) is 4.24. The number of nitrogens with one attached hydrogen (secondary N) is 2. The minimum atomic E-state index is -0.478. The summed E-state index contributed by atoms with van der Waals surface area (Å²) in [5, 5.41) is 20.5. The molecule has 0 saturated carbocycles. The molecule has 2 N–H and O–H groups in total. The summed E-state index contributed by atoms with van der Waals surface area (Å²) in [4.78, 5) is 30.8. The van der Waals surface area contributed by atoms with Gasteiger partial charge in [-0.15, -0.1) is 34.0 Å². The number of anilines is 1. The number of nitriles is 1. The predicted molar refractivity (Wildman–Crippen MR) is 127 cm³/mol. The SMILES string of the molecule is Cc1nc(CNC(=O)OC2CCc3c(sc(NC(=O)/C=C/c4cccs4)c3C#N)C2)cs1. The first kappa shape index (κ1) is 22.2. The number of aryl methyl sites for hydroxylation is 1. The van der Waals surface area contributed by atoms with Gasteiger partial charge in [0.25, 0.3) is 0 Å². The van der Waals surface area contributed by atoms with Gasteiger partial charge in [0.1, 0.15) is 17.2 Å². The maximum absolute atomic E-state index is 12.3. The minimum absolute atomic E-state index is 0.271. The van der Waals surface area contributed by atoms with E-state index in [4.69, 9.17) is 4.74 Å². The van der Waals surface area contributed by atoms with Crippen molar-refractivity contribution in [3.63, 3.8) is 0 Å². The second-order valence-corrected chi connectivity index (χ2v) is 10.3. The molecule has 32 heavy (non-hydrogen) atoms. The fourth-order valence-corrected chi connectivity index (χ4v) is 5.90. The van der Waals surface area contributed by atoms with Crippen LogP contribution < -0.4 is 10.6 Å². The van der Waals surface area contributed by atoms with Gasteiger partial charge >= 0.3 is 6.09 Å². The number of ether oxygens (including phenoxy) is 1. The molecule has 0 saturated heterocycles. The van der Waals surface area contributed by atoms with Gasteiger partial charge in [-0.1, -0.05) is 6.07 Å². The van der Waals surface area contributed by atoms with Crippen molar-refractivity contribution < 1.29 is 14.3 Å². The number of nitrogens with zero attached hydrogens (tertiary/aromatic N) is 2. The predicted octanol–water partition coefficient (Wildman–Crippen LogP) is 4.88. The van der Waals surface area contributed by atoms with E-state index in [1.807, 2.05) is 29.8 Å². The van der Waals surface area contributed by atoms with Gasteiger partial charge in [-0.2, -0.15) is 5.26 Å². The van der Waals surface area contributed by atoms with Gasteiger partial charge in [0, 0.05) is 27.6 Å². The quantitative estimate of drug-likeness (QED) is 0.485. The van der Waals surface area contributed by atoms with Crippen LogP contribution in [0.1, 0.15) is 38.0 Å². The van der Waals surface area contributed by atoms with E-state index in [9.17, 15) is 14.9 Å². The lowest BCUT2D eigenvalue weighted by molar-refractivity contribution is -0.111. The van der Waals surface area contributed by atoms with Crippen LogP contribution in [0, 0.1) is 18.3 Å². The molecule has 1 aliphatic rings. The number of hydrogen-bond donors (Lipinski definition) is 2. The average Bonchev–Trinajstić information content (AvgIpc) is 3.50. The molecular weight excluding hydrogens is 464 g/mol. The van der Waals surface area contributed by atoms with Crippen LogP contribution in [0.2, 0.25) is 0 Å². The number of aromatic nitrogens is 1. The second kappa shape index (κ2) is 10.1. The smallest absolute Gasteiger partial charge is 0.407 e. The number of rotatable bonds is 6. The third-order valence-electron chi connectivity index (χ3n) is 4.86. The van der Waals surface area contributed by atoms with Crippen molar-refractivity contribution in [1.82, 2.24) is 10.3 Å². The number of carbonyl (C=O) groups excluding carboxylic acids is 2. The summed E-state index contributed by atoms with van der Waals surface area (Å²) in [6.45, 7) is 2.24. The summed E-state index contributed by atoms with van der Waals surface area (Å²) in [5.41, 5.74) is 2.25. The van der Waals surface area contributed by atoms with Crippen LogP contribution in [0.3, 0.4) is 0 Å². The molecular formula is C22H20N4O3S3. The number of fused-ring (bicyclic) bond motifs is 1. The molecule has 3 aromatic heterocycles. The molecule has 3 heterocycles. The number of alkyl carbamates (subject to hydrolysis) is 1. The molecule has 0 spiro atoms. The Kier molecular flexibility index (Phi) is 6.99. The van der Waals surface area contributed by atoms with Crippen molar-refractivity contribution in [2.75, 3.05) is 5.32 Å². The van der Waals surface area contributed by atoms with Crippen LogP contribution in [0.4, 0.5) is 9.80 Å². The maximum Gasteiger partial charge on any atom is 0.407 e. The maximum atomic E-state index is 12.3. The van der Waals surface area contributed by atoms with E-state index >= 15 is 0 Å². The lowest BCUT2D eigenvalue weighted by Gasteiger charge is -2.22. The Labute approximate surface area is 197 Å². The summed E-state index contributed by atoms with van der Waals surface area (Å²) >= 11 is 4.45. The molecule has 2 amide bonds. The summed E-state index contributed by atoms with van der Waals surface area (Å²) in [5.74, 6) is -0.280. The van der Waals surface area contributed by atoms with Crippen molar-refractivity contribution in [1.29, 1.82) is 5.26 Å². The third kappa shape index (κ3) is 5.43. The van der Waals surface area contributed by atoms with Crippen LogP contribution in [-0.2, 0) is 28.9 Å². The fourth-order valence-electron chi connectivity index (χ4n) is 3.41. The van der Waals surface area contributed by atoms with Crippen molar-refractivity contribution >= 4 is 57.1 Å². The Hall–Kier alpha value is -3.00. The van der Waals surface area contributed by atoms with E-state index in [1.165, 1.54) is 28.7 Å². The average molecular weight is 485 g/mol. The van der Waals surface area contributed by atoms with Gasteiger partial charge in [-0.05, 0) is 42.9 Å². The van der Waals surface area contributed by atoms with Crippen molar-refractivity contribution in [2.45, 2.75) is 38.8 Å². The van der Waals surface area contributed by atoms with E-state index in [0.29, 0.717) is 36.4 Å². The Morgan fingerprint density at radius 3 is 3.00 bits per heavy atom. The molecule has 164 valence electrons. The molecule has 0 aliphatic heterocycles. The molecule has 0 fully saturated rings. The normalized spacial score (nSPS) is 15.2. The molecule has 0 aromatic carbocycles. The number of hydrogen-bond acceptors (Lipinski definition) is 8. The summed E-state index contributed by atoms with van der Waals surface area (Å²) in [7, 11) is 0. The number of amides is 2. The molecule has 1 atom stereocenters. The molecule has 1 unspecified atom stereocenters. The van der Waals surface area contributed by atoms with Crippen LogP contribution in [0.15, 0.2) is 29.0 Å². The first-order valence-corrected chi connectivity index (χ1v) is 12.5. The third-order valence-corrected chi connectivity index (χ3v) is 7.69. The topological polar surface area (TPSA) is 104 Å². The zero-order valence-corrected chi connectivity index (χ0v) is 19.7. The highest BCUT2D eigenvalue weighted by molar-refractivity contribution is 7.16. The molecule has 0 radical (unpaired) electrons. The largest absolute Gasteiger partial charge is 0.446 e. The highest BCUT2D eigenvalue weighted by Gasteiger charge is 2.28. The standard InChI is InChI=1S/C22H20N4O3S3/c1-13-25-14(12-31-13)11-24-22(28)29-15-4-6-17-18(10-23)21(32-19(17)9-15)26-20(27)7-5-16-3-2-8-30-16/h2-3,5,7-8,12,15H,4,6,9,11H2,1H3,(H,24,28)(H,26,27)/b7-5+. The Morgan fingerprint density at radius 2 is 2.28 bits per heavy atom. The molecule has 0 bridgehead atoms. The van der Waals surface area contributed by atoms with Crippen LogP contribution >= 0.6 is 34.0 Å². The molecule has 4 rings (SSSR count). The van der Waals surface area contributed by atoms with Gasteiger partial charge in [0.2, 0.25) is 5.91 Å². The van der Waals surface area contributed by atoms with E-state index in [-0.39, 0.29) is 12.0 Å². The van der Waals surface area contributed by atoms with Gasteiger partial charge < -0.3 is 15.4 Å². The van der Waals surface area contributed by atoms with Gasteiger partial charge in [0.05, 0.1) is 22.8 Å². The first-order valence-electron chi connectivity index (χ1n) is 9.94. The zero-order chi connectivity index (χ0) is 22.5. The van der Waals surface area contributed by atoms with E-state index in [2.05, 4.69) is 21.7 Å². The summed E-state index contributed by atoms with van der Waals surface area (Å²) < 4.78 is 5.57. The molecule has 3 aromatic rings. The van der Waals surface area contributed by atoms with Crippen LogP contribution in [0.25, 0.3) is 6.08 Å². The minimum Gasteiger partial charge on any atom is -0.446 e. The lowest BCUT2D eigenvalue weighted by atomic mass is 9.94. The van der Waals surface area contributed by atoms with Gasteiger partial charge in [-0.3, -0.25) is 4.79 Å². The van der Waals surface area contributed by atoms with Crippen molar-refractivity contribution in [3.05, 3.63) is 60.6 Å². The Bertz CT molecular complexity index is 1190. The van der Waals surface area contributed by atoms with Crippen LogP contribution in [-0.4, -0.2) is 23.1 Å². The number of thiazole rings is 1. The number of carbonyl (C=O) groups is 2. The first-order chi connectivity index (χ1) is 15.5. The Balaban J connectivity index is 1.35. The Morgan fingerprint density at radius 1 is 1.41 bits per heavy atom. The zero-order valence-electron chi connectivity index (χ0n) is 17.2. The van der Waals surface area contributed by atoms with Crippen molar-refractivity contribution in [3.8, 4) is 6.07 Å². The van der Waals surface area contributed by atoms with E-state index < -0.39 is 6.09 Å². The fraction of sp³-hybridized carbons (Fsp3) is 0.273. The summed E-state index contributed by atoms with van der Waals surface area (Å²) in [6, 6.07) is 6.06. The van der Waals surface area contributed by atoms with Gasteiger partial charge in [0.15, 0.2) is 0 Å².